The van der Waals surface area contributed by atoms with Gasteiger partial charge in [0.2, 0.25) is 0 Å². The summed E-state index contributed by atoms with van der Waals surface area (Å²) in [6.45, 7) is 0.147. The van der Waals surface area contributed by atoms with E-state index in [0.717, 1.165) is 32.7 Å². The molecule has 6 heteroatoms. The van der Waals surface area contributed by atoms with Crippen LogP contribution in [-0.2, 0) is 16.0 Å². The van der Waals surface area contributed by atoms with Crippen LogP contribution >= 0.6 is 11.6 Å². The summed E-state index contributed by atoms with van der Waals surface area (Å²) >= 11 is 6.18. The third-order valence-electron chi connectivity index (χ3n) is 6.02. The van der Waals surface area contributed by atoms with E-state index >= 15 is 0 Å². The van der Waals surface area contributed by atoms with Crippen molar-refractivity contribution in [3.8, 4) is 11.1 Å². The SMILES string of the molecule is CN(C(=O)OCC1c2ccccc2-c2ccccc21)[C@H](CCc1ccccc1Cl)C(=O)O. The number of hydrogen-bond acceptors (Lipinski definition) is 3. The number of aryl methyl sites for hydroxylation is 1. The number of carboxylic acid groups (broad SMARTS) is 1. The van der Waals surface area contributed by atoms with Gasteiger partial charge in [-0.1, -0.05) is 78.3 Å². The van der Waals surface area contributed by atoms with Gasteiger partial charge < -0.3 is 9.84 Å². The number of carbonyl (C=O) groups excluding carboxylic acids is 1. The molecule has 0 radical (unpaired) electrons. The Morgan fingerprint density at radius 1 is 0.969 bits per heavy atom. The Bertz CT molecular complexity index is 1100. The Kier molecular flexibility index (Phi) is 6.47. The number of aliphatic carboxylic acids is 1. The zero-order chi connectivity index (χ0) is 22.7. The smallest absolute Gasteiger partial charge is 0.410 e. The number of nitrogens with zero attached hydrogens (tertiary/aromatic N) is 1. The fraction of sp³-hybridized carbons (Fsp3) is 0.231. The second kappa shape index (κ2) is 9.45. The summed E-state index contributed by atoms with van der Waals surface area (Å²) in [5, 5.41) is 10.3. The number of fused-ring (bicyclic) bond motifs is 3. The van der Waals surface area contributed by atoms with Gasteiger partial charge in [-0.05, 0) is 46.7 Å². The van der Waals surface area contributed by atoms with Gasteiger partial charge in [-0.15, -0.1) is 0 Å². The predicted octanol–water partition coefficient (Wildman–Crippen LogP) is 5.61. The zero-order valence-corrected chi connectivity index (χ0v) is 18.5. The summed E-state index contributed by atoms with van der Waals surface area (Å²) in [4.78, 5) is 25.8. The highest BCUT2D eigenvalue weighted by Gasteiger charge is 2.31. The Labute approximate surface area is 192 Å². The van der Waals surface area contributed by atoms with Crippen LogP contribution in [0, 0.1) is 0 Å². The molecule has 0 aliphatic heterocycles. The highest BCUT2D eigenvalue weighted by Crippen LogP contribution is 2.44. The van der Waals surface area contributed by atoms with Gasteiger partial charge in [-0.2, -0.15) is 0 Å². The Morgan fingerprint density at radius 3 is 2.12 bits per heavy atom. The molecule has 3 aromatic carbocycles. The van der Waals surface area contributed by atoms with E-state index in [0.29, 0.717) is 11.4 Å². The molecule has 164 valence electrons. The molecule has 0 fully saturated rings. The Hall–Kier alpha value is -3.31. The Morgan fingerprint density at radius 2 is 1.53 bits per heavy atom. The molecule has 3 aromatic rings. The van der Waals surface area contributed by atoms with Gasteiger partial charge >= 0.3 is 12.1 Å². The van der Waals surface area contributed by atoms with E-state index in [1.54, 1.807) is 6.07 Å². The van der Waals surface area contributed by atoms with Gasteiger partial charge in [0.25, 0.3) is 0 Å². The van der Waals surface area contributed by atoms with Crippen LogP contribution in [0.1, 0.15) is 29.0 Å². The fourth-order valence-corrected chi connectivity index (χ4v) is 4.53. The van der Waals surface area contributed by atoms with Gasteiger partial charge in [-0.3, -0.25) is 4.90 Å². The van der Waals surface area contributed by atoms with Crippen LogP contribution in [-0.4, -0.2) is 41.8 Å². The molecule has 0 unspecified atom stereocenters. The molecule has 1 atom stereocenters. The van der Waals surface area contributed by atoms with E-state index in [1.807, 2.05) is 54.6 Å². The van der Waals surface area contributed by atoms with Crippen molar-refractivity contribution >= 4 is 23.7 Å². The summed E-state index contributed by atoms with van der Waals surface area (Å²) in [6, 6.07) is 22.4. The molecular formula is C26H24ClNO4. The highest BCUT2D eigenvalue weighted by atomic mass is 35.5. The summed E-state index contributed by atoms with van der Waals surface area (Å²) in [5.74, 6) is -1.15. The van der Waals surface area contributed by atoms with Gasteiger partial charge in [0, 0.05) is 18.0 Å². The average Bonchev–Trinajstić information content (AvgIpc) is 3.12. The van der Waals surface area contributed by atoms with Crippen molar-refractivity contribution in [2.24, 2.45) is 0 Å². The van der Waals surface area contributed by atoms with Crippen LogP contribution in [0.25, 0.3) is 11.1 Å². The lowest BCUT2D eigenvalue weighted by Gasteiger charge is -2.25. The highest BCUT2D eigenvalue weighted by molar-refractivity contribution is 6.31. The van der Waals surface area contributed by atoms with Gasteiger partial charge in [-0.25, -0.2) is 9.59 Å². The minimum Gasteiger partial charge on any atom is -0.480 e. The minimum absolute atomic E-state index is 0.0776. The largest absolute Gasteiger partial charge is 0.480 e. The normalized spacial score (nSPS) is 13.2. The molecule has 1 N–H and O–H groups in total. The molecule has 0 aromatic heterocycles. The molecule has 1 aliphatic carbocycles. The van der Waals surface area contributed by atoms with Gasteiger partial charge in [0.15, 0.2) is 0 Å². The lowest BCUT2D eigenvalue weighted by molar-refractivity contribution is -0.142. The maximum absolute atomic E-state index is 12.8. The van der Waals surface area contributed by atoms with Gasteiger partial charge in [0.1, 0.15) is 12.6 Å². The molecule has 1 amide bonds. The summed E-state index contributed by atoms with van der Waals surface area (Å²) in [5.41, 5.74) is 5.35. The van der Waals surface area contributed by atoms with E-state index in [1.165, 1.54) is 7.05 Å². The number of carbonyl (C=O) groups is 2. The number of benzene rings is 3. The molecule has 0 saturated carbocycles. The maximum Gasteiger partial charge on any atom is 0.410 e. The molecule has 0 saturated heterocycles. The van der Waals surface area contributed by atoms with Crippen molar-refractivity contribution < 1.29 is 19.4 Å². The average molecular weight is 450 g/mol. The van der Waals surface area contributed by atoms with Crippen molar-refractivity contribution in [3.63, 3.8) is 0 Å². The number of carboxylic acids is 1. The van der Waals surface area contributed by atoms with Crippen molar-refractivity contribution in [2.45, 2.75) is 24.8 Å². The summed E-state index contributed by atoms with van der Waals surface area (Å²) in [6.07, 6.45) is 0.0237. The van der Waals surface area contributed by atoms with E-state index in [4.69, 9.17) is 16.3 Å². The number of halogens is 1. The van der Waals surface area contributed by atoms with Crippen molar-refractivity contribution in [3.05, 3.63) is 94.5 Å². The zero-order valence-electron chi connectivity index (χ0n) is 17.7. The van der Waals surface area contributed by atoms with Crippen molar-refractivity contribution in [1.82, 2.24) is 4.90 Å². The second-order valence-electron chi connectivity index (χ2n) is 7.90. The van der Waals surface area contributed by atoms with Crippen LogP contribution in [0.4, 0.5) is 4.79 Å². The van der Waals surface area contributed by atoms with Crippen LogP contribution in [0.3, 0.4) is 0 Å². The first-order chi connectivity index (χ1) is 15.5. The third-order valence-corrected chi connectivity index (χ3v) is 6.39. The molecule has 5 nitrogen and oxygen atoms in total. The molecule has 32 heavy (non-hydrogen) atoms. The van der Waals surface area contributed by atoms with Gasteiger partial charge in [0.05, 0.1) is 0 Å². The first-order valence-electron chi connectivity index (χ1n) is 10.5. The quantitative estimate of drug-likeness (QED) is 0.509. The first-order valence-corrected chi connectivity index (χ1v) is 10.9. The summed E-state index contributed by atoms with van der Waals surface area (Å²) in [7, 11) is 1.46. The van der Waals surface area contributed by atoms with Crippen LogP contribution < -0.4 is 0 Å². The monoisotopic (exact) mass is 449 g/mol. The maximum atomic E-state index is 12.8. The van der Waals surface area contributed by atoms with E-state index in [9.17, 15) is 14.7 Å². The van der Waals surface area contributed by atoms with E-state index in [2.05, 4.69) is 12.1 Å². The Balaban J connectivity index is 1.44. The standard InChI is InChI=1S/C26H24ClNO4/c1-28(24(25(29)30)15-14-17-8-2-7-13-23(17)27)26(31)32-16-22-20-11-5-3-9-18(20)19-10-4-6-12-21(19)22/h2-13,22,24H,14-16H2,1H3,(H,29,30)/t24-/m1/s1. The molecule has 0 bridgehead atoms. The van der Waals surface area contributed by atoms with E-state index in [-0.39, 0.29) is 18.9 Å². The lowest BCUT2D eigenvalue weighted by Crippen LogP contribution is -2.43. The van der Waals surface area contributed by atoms with Crippen molar-refractivity contribution in [1.29, 1.82) is 0 Å². The predicted molar refractivity (Wildman–Crippen MR) is 124 cm³/mol. The molecule has 0 spiro atoms. The molecular weight excluding hydrogens is 426 g/mol. The third kappa shape index (κ3) is 4.34. The van der Waals surface area contributed by atoms with Crippen LogP contribution in [0.15, 0.2) is 72.8 Å². The number of amides is 1. The molecule has 4 rings (SSSR count). The number of likely N-dealkylation sites (N-methyl/N-ethyl adjacent to an activating group) is 1. The topological polar surface area (TPSA) is 66.8 Å². The lowest BCUT2D eigenvalue weighted by atomic mass is 9.98. The number of ether oxygens (including phenoxy) is 1. The number of hydrogen-bond donors (Lipinski definition) is 1. The molecule has 1 aliphatic rings. The first kappa shape index (κ1) is 21.9. The summed E-state index contributed by atoms with van der Waals surface area (Å²) < 4.78 is 5.61. The van der Waals surface area contributed by atoms with Crippen LogP contribution in [0.2, 0.25) is 5.02 Å². The minimum atomic E-state index is -1.08. The van der Waals surface area contributed by atoms with Crippen molar-refractivity contribution in [2.75, 3.05) is 13.7 Å². The molecule has 0 heterocycles. The number of rotatable bonds is 7. The fourth-order valence-electron chi connectivity index (χ4n) is 4.30. The second-order valence-corrected chi connectivity index (χ2v) is 8.31. The van der Waals surface area contributed by atoms with Crippen LogP contribution in [0.5, 0.6) is 0 Å². The van der Waals surface area contributed by atoms with E-state index < -0.39 is 18.1 Å².